The van der Waals surface area contributed by atoms with Gasteiger partial charge in [0.25, 0.3) is 0 Å². The Morgan fingerprint density at radius 3 is 3.00 bits per heavy atom. The van der Waals surface area contributed by atoms with Crippen molar-refractivity contribution in [1.82, 2.24) is 4.98 Å². The van der Waals surface area contributed by atoms with E-state index in [0.717, 1.165) is 18.4 Å². The van der Waals surface area contributed by atoms with Gasteiger partial charge in [0, 0.05) is 18.4 Å². The Hall–Kier alpha value is -1.15. The molecule has 0 aromatic carbocycles. The average Bonchev–Trinajstić information content (AvgIpc) is 2.16. The van der Waals surface area contributed by atoms with Crippen LogP contribution in [0.25, 0.3) is 6.08 Å². The Morgan fingerprint density at radius 2 is 2.43 bits per heavy atom. The van der Waals surface area contributed by atoms with Crippen molar-refractivity contribution in [2.45, 2.75) is 32.7 Å². The normalized spacial score (nSPS) is 14.1. The molecule has 1 aromatic heterocycles. The number of hydrogen-bond acceptors (Lipinski definition) is 2. The lowest BCUT2D eigenvalue weighted by molar-refractivity contribution is 0.664. The molecule has 0 saturated carbocycles. The van der Waals surface area contributed by atoms with Crippen LogP contribution in [0.15, 0.2) is 30.1 Å². The lowest BCUT2D eigenvalue weighted by Crippen LogP contribution is -2.14. The second kappa shape index (κ2) is 5.55. The zero-order chi connectivity index (χ0) is 10.4. The Morgan fingerprint density at radius 1 is 1.64 bits per heavy atom. The average molecular weight is 190 g/mol. The van der Waals surface area contributed by atoms with Crippen molar-refractivity contribution in [3.05, 3.63) is 35.7 Å². The molecule has 0 aliphatic heterocycles. The summed E-state index contributed by atoms with van der Waals surface area (Å²) in [6.45, 7) is 4.17. The Labute approximate surface area is 85.9 Å². The van der Waals surface area contributed by atoms with E-state index in [1.54, 1.807) is 6.20 Å². The summed E-state index contributed by atoms with van der Waals surface area (Å²) in [7, 11) is 0. The fourth-order valence-corrected chi connectivity index (χ4v) is 1.27. The van der Waals surface area contributed by atoms with Crippen molar-refractivity contribution in [2.75, 3.05) is 0 Å². The lowest BCUT2D eigenvalue weighted by Gasteiger charge is -2.04. The molecule has 0 saturated heterocycles. The summed E-state index contributed by atoms with van der Waals surface area (Å²) in [5.74, 6) is 0. The van der Waals surface area contributed by atoms with Gasteiger partial charge in [0.15, 0.2) is 0 Å². The maximum Gasteiger partial charge on any atom is 0.0340 e. The Balaban J connectivity index is 2.52. The number of hydrogen-bond donors (Lipinski definition) is 1. The first-order valence-corrected chi connectivity index (χ1v) is 5.01. The summed E-state index contributed by atoms with van der Waals surface area (Å²) < 4.78 is 0. The number of nitrogens with zero attached hydrogens (tertiary/aromatic N) is 1. The SMILES string of the molecule is C/C(=C/c1cccnc1)CCC(C)N. The van der Waals surface area contributed by atoms with E-state index in [-0.39, 0.29) is 6.04 Å². The minimum atomic E-state index is 0.284. The summed E-state index contributed by atoms with van der Waals surface area (Å²) in [4.78, 5) is 4.06. The highest BCUT2D eigenvalue weighted by Gasteiger charge is 1.95. The zero-order valence-electron chi connectivity index (χ0n) is 8.90. The van der Waals surface area contributed by atoms with Crippen LogP contribution in [0.5, 0.6) is 0 Å². The van der Waals surface area contributed by atoms with Crippen molar-refractivity contribution >= 4 is 6.08 Å². The van der Waals surface area contributed by atoms with Crippen LogP contribution in [-0.4, -0.2) is 11.0 Å². The van der Waals surface area contributed by atoms with E-state index in [1.807, 2.05) is 19.2 Å². The van der Waals surface area contributed by atoms with Gasteiger partial charge in [-0.05, 0) is 38.3 Å². The van der Waals surface area contributed by atoms with Gasteiger partial charge < -0.3 is 5.73 Å². The van der Waals surface area contributed by atoms with Crippen molar-refractivity contribution in [3.8, 4) is 0 Å². The molecule has 0 spiro atoms. The third kappa shape index (κ3) is 4.19. The van der Waals surface area contributed by atoms with Crippen LogP contribution in [-0.2, 0) is 0 Å². The van der Waals surface area contributed by atoms with Gasteiger partial charge in [-0.15, -0.1) is 0 Å². The molecular weight excluding hydrogens is 172 g/mol. The molecule has 0 bridgehead atoms. The second-order valence-corrected chi connectivity index (χ2v) is 3.79. The first-order chi connectivity index (χ1) is 6.68. The van der Waals surface area contributed by atoms with E-state index in [2.05, 4.69) is 24.1 Å². The number of pyridine rings is 1. The van der Waals surface area contributed by atoms with E-state index in [1.165, 1.54) is 5.57 Å². The van der Waals surface area contributed by atoms with E-state index in [9.17, 15) is 0 Å². The highest BCUT2D eigenvalue weighted by Crippen LogP contribution is 2.10. The minimum absolute atomic E-state index is 0.284. The summed E-state index contributed by atoms with van der Waals surface area (Å²) in [6, 6.07) is 4.29. The lowest BCUT2D eigenvalue weighted by atomic mass is 10.1. The summed E-state index contributed by atoms with van der Waals surface area (Å²) in [5.41, 5.74) is 8.21. The van der Waals surface area contributed by atoms with Crippen LogP contribution >= 0.6 is 0 Å². The largest absolute Gasteiger partial charge is 0.328 e. The molecule has 1 heterocycles. The molecule has 76 valence electrons. The zero-order valence-corrected chi connectivity index (χ0v) is 8.90. The fourth-order valence-electron chi connectivity index (χ4n) is 1.27. The molecular formula is C12H18N2. The van der Waals surface area contributed by atoms with Crippen molar-refractivity contribution in [3.63, 3.8) is 0 Å². The second-order valence-electron chi connectivity index (χ2n) is 3.79. The third-order valence-corrected chi connectivity index (χ3v) is 2.09. The van der Waals surface area contributed by atoms with Crippen molar-refractivity contribution < 1.29 is 0 Å². The number of nitrogens with two attached hydrogens (primary N) is 1. The number of rotatable bonds is 4. The monoisotopic (exact) mass is 190 g/mol. The van der Waals surface area contributed by atoms with E-state index in [0.29, 0.717) is 0 Å². The van der Waals surface area contributed by atoms with Crippen LogP contribution in [0, 0.1) is 0 Å². The molecule has 1 aromatic rings. The van der Waals surface area contributed by atoms with Crippen LogP contribution in [0.4, 0.5) is 0 Å². The van der Waals surface area contributed by atoms with Gasteiger partial charge in [0.1, 0.15) is 0 Å². The van der Waals surface area contributed by atoms with Gasteiger partial charge in [-0.3, -0.25) is 4.98 Å². The van der Waals surface area contributed by atoms with Crippen LogP contribution < -0.4 is 5.73 Å². The molecule has 0 aliphatic rings. The molecule has 1 rings (SSSR count). The van der Waals surface area contributed by atoms with Gasteiger partial charge in [-0.1, -0.05) is 17.7 Å². The molecule has 2 heteroatoms. The molecule has 14 heavy (non-hydrogen) atoms. The summed E-state index contributed by atoms with van der Waals surface area (Å²) in [6.07, 6.45) is 7.93. The Bertz CT molecular complexity index is 288. The predicted molar refractivity (Wildman–Crippen MR) is 60.8 cm³/mol. The quantitative estimate of drug-likeness (QED) is 0.792. The topological polar surface area (TPSA) is 38.9 Å². The highest BCUT2D eigenvalue weighted by molar-refractivity contribution is 5.50. The van der Waals surface area contributed by atoms with Crippen LogP contribution in [0.1, 0.15) is 32.3 Å². The molecule has 0 fully saturated rings. The maximum absolute atomic E-state index is 5.69. The first kappa shape index (κ1) is 10.9. The summed E-state index contributed by atoms with van der Waals surface area (Å²) >= 11 is 0. The maximum atomic E-state index is 5.69. The molecule has 2 N–H and O–H groups in total. The van der Waals surface area contributed by atoms with Crippen LogP contribution in [0.2, 0.25) is 0 Å². The molecule has 0 radical (unpaired) electrons. The minimum Gasteiger partial charge on any atom is -0.328 e. The van der Waals surface area contributed by atoms with Gasteiger partial charge in [-0.2, -0.15) is 0 Å². The highest BCUT2D eigenvalue weighted by atomic mass is 14.6. The summed E-state index contributed by atoms with van der Waals surface area (Å²) in [5, 5.41) is 0. The van der Waals surface area contributed by atoms with E-state index in [4.69, 9.17) is 5.73 Å². The van der Waals surface area contributed by atoms with Gasteiger partial charge in [0.2, 0.25) is 0 Å². The van der Waals surface area contributed by atoms with Gasteiger partial charge in [-0.25, -0.2) is 0 Å². The smallest absolute Gasteiger partial charge is 0.0340 e. The van der Waals surface area contributed by atoms with Gasteiger partial charge in [0.05, 0.1) is 0 Å². The first-order valence-electron chi connectivity index (χ1n) is 5.01. The van der Waals surface area contributed by atoms with Crippen LogP contribution in [0.3, 0.4) is 0 Å². The van der Waals surface area contributed by atoms with Crippen molar-refractivity contribution in [2.24, 2.45) is 5.73 Å². The standard InChI is InChI=1S/C12H18N2/c1-10(5-6-11(2)13)8-12-4-3-7-14-9-12/h3-4,7-9,11H,5-6,13H2,1-2H3/b10-8-. The number of aromatic nitrogens is 1. The molecule has 0 amide bonds. The number of allylic oxidation sites excluding steroid dienone is 1. The fraction of sp³-hybridized carbons (Fsp3) is 0.417. The van der Waals surface area contributed by atoms with E-state index < -0.39 is 0 Å². The molecule has 1 unspecified atom stereocenters. The Kier molecular flexibility index (Phi) is 4.33. The molecule has 0 aliphatic carbocycles. The molecule has 1 atom stereocenters. The molecule has 2 nitrogen and oxygen atoms in total. The third-order valence-electron chi connectivity index (χ3n) is 2.09. The predicted octanol–water partition coefficient (Wildman–Crippen LogP) is 2.61. The van der Waals surface area contributed by atoms with E-state index >= 15 is 0 Å². The van der Waals surface area contributed by atoms with Gasteiger partial charge >= 0.3 is 0 Å². The van der Waals surface area contributed by atoms with Crippen molar-refractivity contribution in [1.29, 1.82) is 0 Å².